The summed E-state index contributed by atoms with van der Waals surface area (Å²) in [5, 5.41) is 3.07. The summed E-state index contributed by atoms with van der Waals surface area (Å²) in [4.78, 5) is 12.1. The van der Waals surface area contributed by atoms with Crippen molar-refractivity contribution in [3.63, 3.8) is 0 Å². The number of rotatable bonds is 3. The SMILES string of the molecule is NC(=S)c1c(F)cccc1NC(=O)c1ccc(Cl)c(Br)c1. The third kappa shape index (κ3) is 3.58. The standard InChI is InChI=1S/C14H9BrClFN2OS/c15-8-6-7(4-5-9(8)16)14(20)19-11-3-1-2-10(17)12(11)13(18)21/h1-6H,(H2,18,21)(H,19,20). The maximum Gasteiger partial charge on any atom is 0.255 e. The van der Waals surface area contributed by atoms with Crippen LogP contribution in [0.3, 0.4) is 0 Å². The van der Waals surface area contributed by atoms with Crippen LogP contribution in [0.1, 0.15) is 15.9 Å². The minimum absolute atomic E-state index is 0.00822. The van der Waals surface area contributed by atoms with Gasteiger partial charge in [-0.1, -0.05) is 29.9 Å². The van der Waals surface area contributed by atoms with Gasteiger partial charge in [0.15, 0.2) is 0 Å². The van der Waals surface area contributed by atoms with Crippen molar-refractivity contribution < 1.29 is 9.18 Å². The van der Waals surface area contributed by atoms with Crippen LogP contribution in [0.5, 0.6) is 0 Å². The van der Waals surface area contributed by atoms with Crippen LogP contribution in [0.2, 0.25) is 5.02 Å². The largest absolute Gasteiger partial charge is 0.389 e. The molecule has 2 aromatic rings. The molecule has 0 atom stereocenters. The van der Waals surface area contributed by atoms with E-state index in [2.05, 4.69) is 21.2 Å². The third-order valence-electron chi connectivity index (χ3n) is 2.69. The Morgan fingerprint density at radius 1 is 1.33 bits per heavy atom. The molecule has 108 valence electrons. The molecule has 0 saturated heterocycles. The molecule has 1 amide bonds. The van der Waals surface area contributed by atoms with Crippen LogP contribution in [-0.4, -0.2) is 10.9 Å². The second kappa shape index (κ2) is 6.51. The fourth-order valence-corrected chi connectivity index (χ4v) is 2.41. The van der Waals surface area contributed by atoms with Crippen molar-refractivity contribution in [2.75, 3.05) is 5.32 Å². The van der Waals surface area contributed by atoms with Gasteiger partial charge in [0.1, 0.15) is 10.8 Å². The summed E-state index contributed by atoms with van der Waals surface area (Å²) in [5.41, 5.74) is 6.08. The fourth-order valence-electron chi connectivity index (χ4n) is 1.71. The van der Waals surface area contributed by atoms with Crippen LogP contribution in [0.4, 0.5) is 10.1 Å². The van der Waals surface area contributed by atoms with Crippen LogP contribution in [0.25, 0.3) is 0 Å². The van der Waals surface area contributed by atoms with E-state index in [1.165, 1.54) is 18.2 Å². The third-order valence-corrected chi connectivity index (χ3v) is 4.11. The highest BCUT2D eigenvalue weighted by Gasteiger charge is 2.15. The van der Waals surface area contributed by atoms with Gasteiger partial charge in [-0.05, 0) is 46.3 Å². The molecule has 0 heterocycles. The van der Waals surface area contributed by atoms with Gasteiger partial charge in [0, 0.05) is 10.0 Å². The maximum atomic E-state index is 13.7. The Labute approximate surface area is 139 Å². The van der Waals surface area contributed by atoms with Crippen molar-refractivity contribution in [1.29, 1.82) is 0 Å². The maximum absolute atomic E-state index is 13.7. The lowest BCUT2D eigenvalue weighted by molar-refractivity contribution is 0.102. The van der Waals surface area contributed by atoms with E-state index in [0.29, 0.717) is 15.1 Å². The quantitative estimate of drug-likeness (QED) is 0.779. The monoisotopic (exact) mass is 386 g/mol. The van der Waals surface area contributed by atoms with Gasteiger partial charge in [-0.25, -0.2) is 4.39 Å². The molecule has 7 heteroatoms. The first-order valence-electron chi connectivity index (χ1n) is 5.75. The average Bonchev–Trinajstić information content (AvgIpc) is 2.41. The molecular weight excluding hydrogens is 379 g/mol. The molecule has 2 aromatic carbocycles. The van der Waals surface area contributed by atoms with Gasteiger partial charge in [-0.15, -0.1) is 0 Å². The average molecular weight is 388 g/mol. The zero-order chi connectivity index (χ0) is 15.6. The Balaban J connectivity index is 2.34. The number of nitrogens with two attached hydrogens (primary N) is 1. The summed E-state index contributed by atoms with van der Waals surface area (Å²) in [6, 6.07) is 8.92. The highest BCUT2D eigenvalue weighted by atomic mass is 79.9. The topological polar surface area (TPSA) is 55.1 Å². The summed E-state index contributed by atoms with van der Waals surface area (Å²) in [5.74, 6) is -1.01. The first kappa shape index (κ1) is 15.9. The Hall–Kier alpha value is -1.50. The van der Waals surface area contributed by atoms with Crippen molar-refractivity contribution in [3.8, 4) is 0 Å². The molecule has 0 aliphatic rings. The minimum Gasteiger partial charge on any atom is -0.389 e. The molecule has 0 aromatic heterocycles. The number of benzene rings is 2. The first-order valence-corrected chi connectivity index (χ1v) is 7.33. The predicted molar refractivity (Wildman–Crippen MR) is 89.4 cm³/mol. The van der Waals surface area contributed by atoms with E-state index in [-0.39, 0.29) is 16.2 Å². The van der Waals surface area contributed by atoms with Crippen molar-refractivity contribution in [3.05, 3.63) is 62.8 Å². The number of carbonyl (C=O) groups excluding carboxylic acids is 1. The molecule has 3 nitrogen and oxygen atoms in total. The Kier molecular flexibility index (Phi) is 4.92. The van der Waals surface area contributed by atoms with Crippen LogP contribution in [0, 0.1) is 5.82 Å². The predicted octanol–water partition coefficient (Wildman–Crippen LogP) is 4.13. The lowest BCUT2D eigenvalue weighted by Crippen LogP contribution is -2.19. The van der Waals surface area contributed by atoms with Gasteiger partial charge in [0.05, 0.1) is 16.3 Å². The van der Waals surface area contributed by atoms with E-state index in [1.54, 1.807) is 18.2 Å². The highest BCUT2D eigenvalue weighted by molar-refractivity contribution is 9.10. The molecule has 21 heavy (non-hydrogen) atoms. The van der Waals surface area contributed by atoms with Gasteiger partial charge in [0.25, 0.3) is 5.91 Å². The molecule has 3 N–H and O–H groups in total. The molecule has 0 bridgehead atoms. The number of hydrogen-bond acceptors (Lipinski definition) is 2. The number of amides is 1. The molecular formula is C14H9BrClFN2OS. The molecule has 0 fully saturated rings. The smallest absolute Gasteiger partial charge is 0.255 e. The Morgan fingerprint density at radius 2 is 2.05 bits per heavy atom. The van der Waals surface area contributed by atoms with Crippen LogP contribution in [-0.2, 0) is 0 Å². The number of hydrogen-bond donors (Lipinski definition) is 2. The molecule has 0 aliphatic heterocycles. The lowest BCUT2D eigenvalue weighted by atomic mass is 10.1. The van der Waals surface area contributed by atoms with Crippen molar-refractivity contribution >= 4 is 56.3 Å². The fraction of sp³-hybridized carbons (Fsp3) is 0. The normalized spacial score (nSPS) is 10.2. The van der Waals surface area contributed by atoms with Crippen LogP contribution >= 0.6 is 39.7 Å². The zero-order valence-corrected chi connectivity index (χ0v) is 13.7. The Bertz CT molecular complexity index is 739. The number of nitrogens with one attached hydrogen (secondary N) is 1. The van der Waals surface area contributed by atoms with E-state index in [0.717, 1.165) is 0 Å². The number of halogens is 3. The molecule has 0 aliphatic carbocycles. The second-order valence-corrected chi connectivity index (χ2v) is 5.81. The molecule has 0 radical (unpaired) electrons. The number of carbonyl (C=O) groups is 1. The van der Waals surface area contributed by atoms with Gasteiger partial charge < -0.3 is 11.1 Å². The Morgan fingerprint density at radius 3 is 2.67 bits per heavy atom. The summed E-state index contributed by atoms with van der Waals surface area (Å²) >= 11 is 13.9. The summed E-state index contributed by atoms with van der Waals surface area (Å²) in [6.45, 7) is 0. The lowest BCUT2D eigenvalue weighted by Gasteiger charge is -2.11. The van der Waals surface area contributed by atoms with Crippen molar-refractivity contribution in [2.24, 2.45) is 5.73 Å². The highest BCUT2D eigenvalue weighted by Crippen LogP contribution is 2.24. The van der Waals surface area contributed by atoms with Crippen LogP contribution < -0.4 is 11.1 Å². The zero-order valence-electron chi connectivity index (χ0n) is 10.5. The van der Waals surface area contributed by atoms with E-state index < -0.39 is 11.7 Å². The van der Waals surface area contributed by atoms with Gasteiger partial charge in [0.2, 0.25) is 0 Å². The van der Waals surface area contributed by atoms with Gasteiger partial charge in [-0.3, -0.25) is 4.79 Å². The van der Waals surface area contributed by atoms with E-state index >= 15 is 0 Å². The first-order chi connectivity index (χ1) is 9.90. The molecule has 0 saturated carbocycles. The molecule has 2 rings (SSSR count). The van der Waals surface area contributed by atoms with E-state index in [1.807, 2.05) is 0 Å². The van der Waals surface area contributed by atoms with Crippen molar-refractivity contribution in [2.45, 2.75) is 0 Å². The summed E-state index contributed by atoms with van der Waals surface area (Å²) < 4.78 is 14.3. The molecule has 0 spiro atoms. The van der Waals surface area contributed by atoms with Gasteiger partial charge in [-0.2, -0.15) is 0 Å². The number of thiocarbonyl (C=S) groups is 1. The van der Waals surface area contributed by atoms with E-state index in [4.69, 9.17) is 29.6 Å². The number of anilines is 1. The summed E-state index contributed by atoms with van der Waals surface area (Å²) in [6.07, 6.45) is 0. The van der Waals surface area contributed by atoms with E-state index in [9.17, 15) is 9.18 Å². The second-order valence-electron chi connectivity index (χ2n) is 4.11. The van der Waals surface area contributed by atoms with Gasteiger partial charge >= 0.3 is 0 Å². The van der Waals surface area contributed by atoms with Crippen molar-refractivity contribution in [1.82, 2.24) is 0 Å². The minimum atomic E-state index is -0.586. The van der Waals surface area contributed by atoms with Crippen LogP contribution in [0.15, 0.2) is 40.9 Å². The molecule has 0 unspecified atom stereocenters. The summed E-state index contributed by atoms with van der Waals surface area (Å²) in [7, 11) is 0.